The molecule has 1 aromatic heterocycles. The Morgan fingerprint density at radius 2 is 2.03 bits per heavy atom. The predicted molar refractivity (Wildman–Crippen MR) is 116 cm³/mol. The van der Waals surface area contributed by atoms with Crippen LogP contribution in [0.3, 0.4) is 0 Å². The highest BCUT2D eigenvalue weighted by molar-refractivity contribution is 6.33. The van der Waals surface area contributed by atoms with Crippen molar-refractivity contribution in [3.8, 4) is 23.3 Å². The predicted octanol–water partition coefficient (Wildman–Crippen LogP) is 4.50. The van der Waals surface area contributed by atoms with Crippen LogP contribution < -0.4 is 20.1 Å². The van der Waals surface area contributed by atoms with Crippen molar-refractivity contribution >= 4 is 34.6 Å². The van der Waals surface area contributed by atoms with Crippen molar-refractivity contribution in [1.29, 1.82) is 5.26 Å². The summed E-state index contributed by atoms with van der Waals surface area (Å²) in [6.07, 6.45) is 4.95. The van der Waals surface area contributed by atoms with Gasteiger partial charge in [0.25, 0.3) is 0 Å². The summed E-state index contributed by atoms with van der Waals surface area (Å²) < 4.78 is 11.1. The molecule has 154 valence electrons. The number of nitrogens with zero attached hydrogens (tertiary/aromatic N) is 2. The zero-order chi connectivity index (χ0) is 21.5. The van der Waals surface area contributed by atoms with Gasteiger partial charge in [-0.05, 0) is 44.2 Å². The number of nitriles is 1. The van der Waals surface area contributed by atoms with Crippen molar-refractivity contribution in [3.63, 3.8) is 0 Å². The maximum Gasteiger partial charge on any atom is 0.211 e. The molecule has 0 unspecified atom stereocenters. The number of methoxy groups -OCH3 is 1. The lowest BCUT2D eigenvalue weighted by Crippen LogP contribution is -2.06. The van der Waals surface area contributed by atoms with Gasteiger partial charge in [0.2, 0.25) is 6.41 Å². The first kappa shape index (κ1) is 21.4. The van der Waals surface area contributed by atoms with E-state index < -0.39 is 0 Å². The van der Waals surface area contributed by atoms with E-state index in [0.717, 1.165) is 6.04 Å². The van der Waals surface area contributed by atoms with Gasteiger partial charge in [-0.2, -0.15) is 5.26 Å². The second-order valence-electron chi connectivity index (χ2n) is 6.56. The SMILES string of the molecule is CNC1CC1.COc1cc2nccc(Oc3ccc(NC=O)c(Cl)c3)c2cc1C#N. The molecule has 1 heterocycles. The van der Waals surface area contributed by atoms with Crippen LogP contribution in [0, 0.1) is 11.3 Å². The normalized spacial score (nSPS) is 12.3. The highest BCUT2D eigenvalue weighted by atomic mass is 35.5. The van der Waals surface area contributed by atoms with Gasteiger partial charge >= 0.3 is 0 Å². The van der Waals surface area contributed by atoms with E-state index in [0.29, 0.717) is 50.8 Å². The van der Waals surface area contributed by atoms with Gasteiger partial charge in [0.1, 0.15) is 23.3 Å². The van der Waals surface area contributed by atoms with Gasteiger partial charge in [-0.3, -0.25) is 9.78 Å². The summed E-state index contributed by atoms with van der Waals surface area (Å²) in [7, 11) is 3.51. The van der Waals surface area contributed by atoms with Crippen molar-refractivity contribution in [2.24, 2.45) is 0 Å². The maximum absolute atomic E-state index is 10.5. The fourth-order valence-corrected chi connectivity index (χ4v) is 2.96. The molecular formula is C22H21ClN4O3. The Hall–Kier alpha value is -3.34. The topological polar surface area (TPSA) is 96.3 Å². The Kier molecular flexibility index (Phi) is 7.07. The van der Waals surface area contributed by atoms with Crippen LogP contribution in [-0.2, 0) is 4.79 Å². The second kappa shape index (κ2) is 9.92. The van der Waals surface area contributed by atoms with Crippen LogP contribution in [-0.4, -0.2) is 31.6 Å². The summed E-state index contributed by atoms with van der Waals surface area (Å²) >= 11 is 6.11. The van der Waals surface area contributed by atoms with Crippen molar-refractivity contribution in [1.82, 2.24) is 10.3 Å². The molecule has 0 saturated heterocycles. The van der Waals surface area contributed by atoms with E-state index in [1.165, 1.54) is 20.0 Å². The lowest BCUT2D eigenvalue weighted by molar-refractivity contribution is -0.105. The van der Waals surface area contributed by atoms with E-state index in [-0.39, 0.29) is 0 Å². The molecule has 8 heteroatoms. The standard InChI is InChI=1S/C18H12ClN3O3.C4H9N/c1-24-18-8-16-13(6-11(18)9-20)17(4-5-21-16)25-12-2-3-15(22-10-23)14(19)7-12;1-5-4-2-3-4/h2-8,10H,1H3,(H,22,23);4-5H,2-3H2,1H3. The molecule has 7 nitrogen and oxygen atoms in total. The van der Waals surface area contributed by atoms with Gasteiger partial charge in [0.05, 0.1) is 28.9 Å². The molecule has 3 aromatic rings. The number of anilines is 1. The number of hydrogen-bond acceptors (Lipinski definition) is 6. The quantitative estimate of drug-likeness (QED) is 0.565. The summed E-state index contributed by atoms with van der Waals surface area (Å²) in [6.45, 7) is 0. The number of rotatable bonds is 6. The summed E-state index contributed by atoms with van der Waals surface area (Å²) in [6, 6.07) is 12.9. The zero-order valence-electron chi connectivity index (χ0n) is 16.6. The van der Waals surface area contributed by atoms with Gasteiger partial charge in [-0.25, -0.2) is 0 Å². The molecule has 0 bridgehead atoms. The van der Waals surface area contributed by atoms with Gasteiger partial charge in [0.15, 0.2) is 0 Å². The minimum Gasteiger partial charge on any atom is -0.495 e. The summed E-state index contributed by atoms with van der Waals surface area (Å²) in [5.74, 6) is 1.46. The largest absolute Gasteiger partial charge is 0.495 e. The minimum atomic E-state index is 0.349. The lowest BCUT2D eigenvalue weighted by Gasteiger charge is -2.11. The molecule has 4 rings (SSSR count). The average Bonchev–Trinajstić information content (AvgIpc) is 3.60. The molecule has 1 amide bonds. The number of benzene rings is 2. The number of hydrogen-bond donors (Lipinski definition) is 2. The van der Waals surface area contributed by atoms with Crippen molar-refractivity contribution in [2.45, 2.75) is 18.9 Å². The monoisotopic (exact) mass is 424 g/mol. The van der Waals surface area contributed by atoms with Crippen LogP contribution in [0.4, 0.5) is 5.69 Å². The zero-order valence-corrected chi connectivity index (χ0v) is 17.4. The minimum absolute atomic E-state index is 0.349. The van der Waals surface area contributed by atoms with Crippen LogP contribution in [0.2, 0.25) is 5.02 Å². The molecule has 1 aliphatic carbocycles. The third-order valence-electron chi connectivity index (χ3n) is 4.51. The molecule has 2 N–H and O–H groups in total. The number of halogens is 1. The van der Waals surface area contributed by atoms with Gasteiger partial charge in [0, 0.05) is 29.8 Å². The lowest BCUT2D eigenvalue weighted by atomic mass is 10.1. The molecule has 1 fully saturated rings. The Morgan fingerprint density at radius 1 is 1.23 bits per heavy atom. The number of carbonyl (C=O) groups excluding carboxylic acids is 1. The molecule has 2 aromatic carbocycles. The molecular weight excluding hydrogens is 404 g/mol. The number of amides is 1. The number of ether oxygens (including phenoxy) is 2. The number of aromatic nitrogens is 1. The highest BCUT2D eigenvalue weighted by Gasteiger charge is 2.17. The summed E-state index contributed by atoms with van der Waals surface area (Å²) in [4.78, 5) is 14.8. The van der Waals surface area contributed by atoms with Crippen LogP contribution in [0.25, 0.3) is 10.9 Å². The fourth-order valence-electron chi connectivity index (χ4n) is 2.73. The molecule has 0 radical (unpaired) electrons. The third kappa shape index (κ3) is 5.17. The highest BCUT2D eigenvalue weighted by Crippen LogP contribution is 2.34. The summed E-state index contributed by atoms with van der Waals surface area (Å²) in [5, 5.41) is 15.9. The second-order valence-corrected chi connectivity index (χ2v) is 6.97. The Morgan fingerprint density at radius 3 is 2.60 bits per heavy atom. The number of fused-ring (bicyclic) bond motifs is 1. The van der Waals surface area contributed by atoms with E-state index >= 15 is 0 Å². The van der Waals surface area contributed by atoms with Gasteiger partial charge < -0.3 is 20.1 Å². The molecule has 1 saturated carbocycles. The first-order chi connectivity index (χ1) is 14.6. The first-order valence-corrected chi connectivity index (χ1v) is 9.69. The molecule has 0 spiro atoms. The number of pyridine rings is 1. The maximum atomic E-state index is 10.5. The number of nitrogens with one attached hydrogen (secondary N) is 2. The van der Waals surface area contributed by atoms with Crippen LogP contribution in [0.5, 0.6) is 17.2 Å². The van der Waals surface area contributed by atoms with Gasteiger partial charge in [-0.1, -0.05) is 11.6 Å². The number of carbonyl (C=O) groups is 1. The van der Waals surface area contributed by atoms with Crippen molar-refractivity contribution < 1.29 is 14.3 Å². The average molecular weight is 425 g/mol. The molecule has 0 atom stereocenters. The molecule has 1 aliphatic rings. The van der Waals surface area contributed by atoms with Crippen LogP contribution in [0.15, 0.2) is 42.6 Å². The third-order valence-corrected chi connectivity index (χ3v) is 4.82. The van der Waals surface area contributed by atoms with E-state index in [9.17, 15) is 10.1 Å². The van der Waals surface area contributed by atoms with E-state index in [2.05, 4.69) is 21.7 Å². The fraction of sp³-hybridized carbons (Fsp3) is 0.227. The molecule has 0 aliphatic heterocycles. The van der Waals surface area contributed by atoms with E-state index in [1.54, 1.807) is 42.6 Å². The van der Waals surface area contributed by atoms with E-state index in [1.807, 2.05) is 7.05 Å². The van der Waals surface area contributed by atoms with Gasteiger partial charge in [-0.15, -0.1) is 0 Å². The van der Waals surface area contributed by atoms with Crippen LogP contribution >= 0.6 is 11.6 Å². The summed E-state index contributed by atoms with van der Waals surface area (Å²) in [5.41, 5.74) is 1.51. The Bertz CT molecular complexity index is 1090. The molecule has 30 heavy (non-hydrogen) atoms. The van der Waals surface area contributed by atoms with Crippen molar-refractivity contribution in [2.75, 3.05) is 19.5 Å². The Labute approximate surface area is 179 Å². The van der Waals surface area contributed by atoms with E-state index in [4.69, 9.17) is 21.1 Å². The smallest absolute Gasteiger partial charge is 0.211 e. The van der Waals surface area contributed by atoms with Crippen LogP contribution in [0.1, 0.15) is 18.4 Å². The first-order valence-electron chi connectivity index (χ1n) is 9.31. The van der Waals surface area contributed by atoms with Crippen molar-refractivity contribution in [3.05, 3.63) is 53.2 Å². The Balaban J connectivity index is 0.000000448.